The molecule has 0 saturated heterocycles. The highest BCUT2D eigenvalue weighted by Gasteiger charge is 2.09. The molecule has 0 fully saturated rings. The summed E-state index contributed by atoms with van der Waals surface area (Å²) in [6.07, 6.45) is 0.287. The normalized spacial score (nSPS) is 11.0. The van der Waals surface area contributed by atoms with Gasteiger partial charge in [-0.25, -0.2) is 0 Å². The molecule has 0 aromatic heterocycles. The lowest BCUT2D eigenvalue weighted by molar-refractivity contribution is -0.117. The Morgan fingerprint density at radius 2 is 1.86 bits per heavy atom. The van der Waals surface area contributed by atoms with Crippen LogP contribution in [-0.4, -0.2) is 31.3 Å². The quantitative estimate of drug-likeness (QED) is 0.784. The monoisotopic (exact) mass is 290 g/mol. The first-order valence-electron chi connectivity index (χ1n) is 6.92. The minimum absolute atomic E-state index is 0.114. The van der Waals surface area contributed by atoms with Crippen molar-refractivity contribution in [1.82, 2.24) is 0 Å². The van der Waals surface area contributed by atoms with Crippen molar-refractivity contribution >= 4 is 11.6 Å². The average Bonchev–Trinajstić information content (AvgIpc) is 2.42. The largest absolute Gasteiger partial charge is 0.379 e. The Hall–Kier alpha value is -1.90. The Balaban J connectivity index is 2.15. The van der Waals surface area contributed by atoms with Crippen LogP contribution in [0.25, 0.3) is 0 Å². The number of carbonyl (C=O) groups is 1. The topological polar surface area (TPSA) is 71.3 Å². The smallest absolute Gasteiger partial charge is 0.226 e. The zero-order chi connectivity index (χ0) is 15.7. The number of nitrogens with one attached hydrogen (secondary N) is 1. The summed E-state index contributed by atoms with van der Waals surface area (Å²) in [5.41, 5.74) is 1.07. The van der Waals surface area contributed by atoms with Crippen LogP contribution in [0.2, 0.25) is 0 Å². The summed E-state index contributed by atoms with van der Waals surface area (Å²) in [6.45, 7) is 7.30. The van der Waals surface area contributed by atoms with Gasteiger partial charge in [-0.05, 0) is 45.0 Å². The Kier molecular flexibility index (Phi) is 6.86. The van der Waals surface area contributed by atoms with Crippen LogP contribution in [0, 0.1) is 11.3 Å². The standard InChI is InChI=1S/C16H22N2O3/c1-16(2,3)21-11-10-20-9-8-15(19)18-14-6-4-13(12-17)5-7-14/h4-7H,8-11H2,1-3H3,(H,18,19). The number of benzene rings is 1. The molecule has 0 saturated carbocycles. The van der Waals surface area contributed by atoms with Gasteiger partial charge in [0, 0.05) is 5.69 Å². The van der Waals surface area contributed by atoms with Gasteiger partial charge in [0.1, 0.15) is 0 Å². The molecule has 0 radical (unpaired) electrons. The zero-order valence-corrected chi connectivity index (χ0v) is 12.8. The van der Waals surface area contributed by atoms with Crippen molar-refractivity contribution in [3.8, 4) is 6.07 Å². The summed E-state index contributed by atoms with van der Waals surface area (Å²) in [7, 11) is 0. The summed E-state index contributed by atoms with van der Waals surface area (Å²) < 4.78 is 10.8. The van der Waals surface area contributed by atoms with Crippen LogP contribution in [0.15, 0.2) is 24.3 Å². The van der Waals surface area contributed by atoms with Gasteiger partial charge in [0.25, 0.3) is 0 Å². The molecular formula is C16H22N2O3. The first-order valence-corrected chi connectivity index (χ1v) is 6.92. The van der Waals surface area contributed by atoms with Crippen molar-refractivity contribution in [2.45, 2.75) is 32.8 Å². The van der Waals surface area contributed by atoms with Crippen LogP contribution < -0.4 is 5.32 Å². The fraction of sp³-hybridized carbons (Fsp3) is 0.500. The molecule has 0 heterocycles. The van der Waals surface area contributed by atoms with E-state index in [9.17, 15) is 4.79 Å². The lowest BCUT2D eigenvalue weighted by Gasteiger charge is -2.19. The van der Waals surface area contributed by atoms with E-state index in [0.29, 0.717) is 31.1 Å². The molecule has 0 atom stereocenters. The van der Waals surface area contributed by atoms with Gasteiger partial charge in [0.05, 0.1) is 43.5 Å². The first-order chi connectivity index (χ1) is 9.90. The predicted molar refractivity (Wildman–Crippen MR) is 80.9 cm³/mol. The molecule has 5 nitrogen and oxygen atoms in total. The molecule has 0 spiro atoms. The highest BCUT2D eigenvalue weighted by molar-refractivity contribution is 5.90. The van der Waals surface area contributed by atoms with Crippen molar-refractivity contribution in [3.05, 3.63) is 29.8 Å². The Morgan fingerprint density at radius 3 is 2.43 bits per heavy atom. The number of nitriles is 1. The lowest BCUT2D eigenvalue weighted by Crippen LogP contribution is -2.22. The van der Waals surface area contributed by atoms with E-state index in [4.69, 9.17) is 14.7 Å². The lowest BCUT2D eigenvalue weighted by atomic mass is 10.2. The SMILES string of the molecule is CC(C)(C)OCCOCCC(=O)Nc1ccc(C#N)cc1. The van der Waals surface area contributed by atoms with Crippen LogP contribution in [0.5, 0.6) is 0 Å². The van der Waals surface area contributed by atoms with Gasteiger partial charge < -0.3 is 14.8 Å². The number of carbonyl (C=O) groups excluding carboxylic acids is 1. The van der Waals surface area contributed by atoms with E-state index in [1.165, 1.54) is 0 Å². The second-order valence-corrected chi connectivity index (χ2v) is 5.56. The van der Waals surface area contributed by atoms with Gasteiger partial charge >= 0.3 is 0 Å². The molecule has 0 aliphatic heterocycles. The summed E-state index contributed by atoms with van der Waals surface area (Å²) >= 11 is 0. The Labute approximate surface area is 125 Å². The number of ether oxygens (including phenoxy) is 2. The van der Waals surface area contributed by atoms with Crippen LogP contribution in [-0.2, 0) is 14.3 Å². The van der Waals surface area contributed by atoms with Gasteiger partial charge in [0.2, 0.25) is 5.91 Å². The zero-order valence-electron chi connectivity index (χ0n) is 12.8. The fourth-order valence-electron chi connectivity index (χ4n) is 1.53. The molecule has 114 valence electrons. The van der Waals surface area contributed by atoms with E-state index in [-0.39, 0.29) is 17.9 Å². The maximum atomic E-state index is 11.7. The first kappa shape index (κ1) is 17.2. The molecule has 21 heavy (non-hydrogen) atoms. The third-order valence-electron chi connectivity index (χ3n) is 2.53. The number of hydrogen-bond donors (Lipinski definition) is 1. The molecule has 0 aliphatic carbocycles. The number of rotatable bonds is 7. The number of anilines is 1. The minimum Gasteiger partial charge on any atom is -0.379 e. The molecule has 1 aromatic carbocycles. The van der Waals surface area contributed by atoms with Crippen molar-refractivity contribution in [2.24, 2.45) is 0 Å². The molecule has 1 rings (SSSR count). The minimum atomic E-state index is -0.170. The summed E-state index contributed by atoms with van der Waals surface area (Å²) in [4.78, 5) is 11.7. The Morgan fingerprint density at radius 1 is 1.19 bits per heavy atom. The van der Waals surface area contributed by atoms with Crippen molar-refractivity contribution in [3.63, 3.8) is 0 Å². The van der Waals surface area contributed by atoms with Crippen LogP contribution in [0.3, 0.4) is 0 Å². The Bertz CT molecular complexity index is 484. The van der Waals surface area contributed by atoms with Crippen molar-refractivity contribution < 1.29 is 14.3 Å². The molecular weight excluding hydrogens is 268 g/mol. The maximum Gasteiger partial charge on any atom is 0.226 e. The van der Waals surface area contributed by atoms with E-state index in [1.54, 1.807) is 24.3 Å². The summed E-state index contributed by atoms with van der Waals surface area (Å²) in [5, 5.41) is 11.4. The van der Waals surface area contributed by atoms with Gasteiger partial charge in [-0.15, -0.1) is 0 Å². The fourth-order valence-corrected chi connectivity index (χ4v) is 1.53. The van der Waals surface area contributed by atoms with E-state index < -0.39 is 0 Å². The van der Waals surface area contributed by atoms with Crippen molar-refractivity contribution in [2.75, 3.05) is 25.1 Å². The van der Waals surface area contributed by atoms with Crippen LogP contribution in [0.1, 0.15) is 32.8 Å². The van der Waals surface area contributed by atoms with Crippen LogP contribution in [0.4, 0.5) is 5.69 Å². The van der Waals surface area contributed by atoms with Gasteiger partial charge in [-0.3, -0.25) is 4.79 Å². The second kappa shape index (κ2) is 8.40. The predicted octanol–water partition coefficient (Wildman–Crippen LogP) is 2.72. The summed E-state index contributed by atoms with van der Waals surface area (Å²) in [6, 6.07) is 8.76. The molecule has 1 N–H and O–H groups in total. The van der Waals surface area contributed by atoms with Gasteiger partial charge in [-0.2, -0.15) is 5.26 Å². The molecule has 1 aromatic rings. The van der Waals surface area contributed by atoms with E-state index >= 15 is 0 Å². The highest BCUT2D eigenvalue weighted by atomic mass is 16.5. The van der Waals surface area contributed by atoms with E-state index in [2.05, 4.69) is 5.32 Å². The molecule has 1 amide bonds. The number of amides is 1. The second-order valence-electron chi connectivity index (χ2n) is 5.56. The maximum absolute atomic E-state index is 11.7. The third kappa shape index (κ3) is 8.08. The van der Waals surface area contributed by atoms with Crippen molar-refractivity contribution in [1.29, 1.82) is 5.26 Å². The molecule has 5 heteroatoms. The van der Waals surface area contributed by atoms with E-state index in [1.807, 2.05) is 26.8 Å². The van der Waals surface area contributed by atoms with Crippen LogP contribution >= 0.6 is 0 Å². The number of nitrogens with zero attached hydrogens (tertiary/aromatic N) is 1. The number of hydrogen-bond acceptors (Lipinski definition) is 4. The summed E-state index contributed by atoms with van der Waals surface area (Å²) in [5.74, 6) is -0.114. The average molecular weight is 290 g/mol. The highest BCUT2D eigenvalue weighted by Crippen LogP contribution is 2.09. The van der Waals surface area contributed by atoms with E-state index in [0.717, 1.165) is 0 Å². The third-order valence-corrected chi connectivity index (χ3v) is 2.53. The molecule has 0 aliphatic rings. The van der Waals surface area contributed by atoms with Gasteiger partial charge in [0.15, 0.2) is 0 Å². The molecule has 0 bridgehead atoms. The van der Waals surface area contributed by atoms with Gasteiger partial charge in [-0.1, -0.05) is 0 Å². The molecule has 0 unspecified atom stereocenters.